The lowest BCUT2D eigenvalue weighted by molar-refractivity contribution is 0.506. The van der Waals surface area contributed by atoms with Gasteiger partial charge in [-0.15, -0.1) is 0 Å². The van der Waals surface area contributed by atoms with Gasteiger partial charge < -0.3 is 5.73 Å². The normalized spacial score (nSPS) is 13.1. The maximum Gasteiger partial charge on any atom is 0.0934 e. The van der Waals surface area contributed by atoms with Gasteiger partial charge in [0.25, 0.3) is 0 Å². The first-order valence-corrected chi connectivity index (χ1v) is 6.63. The van der Waals surface area contributed by atoms with Gasteiger partial charge in [-0.1, -0.05) is 38.8 Å². The van der Waals surface area contributed by atoms with Crippen LogP contribution in [0.15, 0.2) is 30.6 Å². The van der Waals surface area contributed by atoms with Crippen molar-refractivity contribution in [1.29, 1.82) is 0 Å². The van der Waals surface area contributed by atoms with Gasteiger partial charge >= 0.3 is 0 Å². The smallest absolute Gasteiger partial charge is 0.0934 e. The van der Waals surface area contributed by atoms with Crippen LogP contribution in [-0.4, -0.2) is 9.97 Å². The highest BCUT2D eigenvalue weighted by Crippen LogP contribution is 2.23. The van der Waals surface area contributed by atoms with Crippen molar-refractivity contribution in [3.63, 3.8) is 0 Å². The van der Waals surface area contributed by atoms with Crippen molar-refractivity contribution < 1.29 is 0 Å². The third-order valence-corrected chi connectivity index (χ3v) is 3.23. The van der Waals surface area contributed by atoms with Gasteiger partial charge in [0.1, 0.15) is 0 Å². The lowest BCUT2D eigenvalue weighted by Crippen LogP contribution is -2.11. The lowest BCUT2D eigenvalue weighted by Gasteiger charge is -2.14. The molecule has 0 aliphatic rings. The molecular formula is C15H21N3. The summed E-state index contributed by atoms with van der Waals surface area (Å²) in [6.45, 7) is 4.49. The number of nitrogens with two attached hydrogens (primary N) is 1. The molecule has 0 radical (unpaired) electrons. The van der Waals surface area contributed by atoms with Gasteiger partial charge in [-0.25, -0.2) is 0 Å². The Morgan fingerprint density at radius 3 is 2.67 bits per heavy atom. The summed E-state index contributed by atoms with van der Waals surface area (Å²) < 4.78 is 0. The quantitative estimate of drug-likeness (QED) is 0.875. The Morgan fingerprint density at radius 2 is 1.89 bits per heavy atom. The number of nitrogens with zero attached hydrogens (tertiary/aromatic N) is 2. The Labute approximate surface area is 108 Å². The number of fused-ring (bicyclic) bond motifs is 1. The molecule has 0 saturated heterocycles. The highest BCUT2D eigenvalue weighted by molar-refractivity contribution is 5.77. The van der Waals surface area contributed by atoms with Crippen LogP contribution in [0.3, 0.4) is 0 Å². The molecule has 0 bridgehead atoms. The Balaban J connectivity index is 2.15. The van der Waals surface area contributed by atoms with Gasteiger partial charge in [-0.2, -0.15) is 0 Å². The van der Waals surface area contributed by atoms with Crippen molar-refractivity contribution in [3.8, 4) is 0 Å². The van der Waals surface area contributed by atoms with Crippen LogP contribution in [0.5, 0.6) is 0 Å². The summed E-state index contributed by atoms with van der Waals surface area (Å²) in [4.78, 5) is 8.72. The van der Waals surface area contributed by atoms with E-state index in [0.29, 0.717) is 0 Å². The molecule has 3 heteroatoms. The van der Waals surface area contributed by atoms with E-state index in [0.717, 1.165) is 35.4 Å². The molecule has 0 spiro atoms. The van der Waals surface area contributed by atoms with E-state index < -0.39 is 0 Å². The molecule has 2 aromatic rings. The molecule has 0 amide bonds. The molecule has 18 heavy (non-hydrogen) atoms. The maximum absolute atomic E-state index is 6.28. The zero-order valence-corrected chi connectivity index (χ0v) is 11.1. The molecular weight excluding hydrogens is 222 g/mol. The van der Waals surface area contributed by atoms with Gasteiger partial charge in [-0.05, 0) is 24.0 Å². The Kier molecular flexibility index (Phi) is 4.26. The Hall–Kier alpha value is -1.48. The number of aromatic nitrogens is 2. The van der Waals surface area contributed by atoms with Crippen molar-refractivity contribution >= 4 is 11.0 Å². The molecule has 96 valence electrons. The minimum absolute atomic E-state index is 0.0594. The van der Waals surface area contributed by atoms with E-state index in [9.17, 15) is 0 Å². The van der Waals surface area contributed by atoms with Crippen LogP contribution in [-0.2, 0) is 0 Å². The van der Waals surface area contributed by atoms with Crippen molar-refractivity contribution in [2.45, 2.75) is 39.2 Å². The number of hydrogen-bond donors (Lipinski definition) is 1. The van der Waals surface area contributed by atoms with Crippen LogP contribution in [0.4, 0.5) is 0 Å². The fraction of sp³-hybridized carbons (Fsp3) is 0.467. The molecule has 1 aromatic heterocycles. The monoisotopic (exact) mass is 243 g/mol. The summed E-state index contributed by atoms with van der Waals surface area (Å²) in [5.41, 5.74) is 9.26. The third-order valence-electron chi connectivity index (χ3n) is 3.23. The van der Waals surface area contributed by atoms with Crippen LogP contribution >= 0.6 is 0 Å². The second kappa shape index (κ2) is 5.91. The van der Waals surface area contributed by atoms with Crippen LogP contribution in [0.25, 0.3) is 11.0 Å². The Morgan fingerprint density at radius 1 is 1.11 bits per heavy atom. The van der Waals surface area contributed by atoms with Gasteiger partial charge in [-0.3, -0.25) is 9.97 Å². The molecule has 0 saturated carbocycles. The van der Waals surface area contributed by atoms with E-state index in [1.807, 2.05) is 12.1 Å². The van der Waals surface area contributed by atoms with E-state index in [2.05, 4.69) is 29.9 Å². The van der Waals surface area contributed by atoms with E-state index in [1.54, 1.807) is 12.4 Å². The molecule has 3 nitrogen and oxygen atoms in total. The summed E-state index contributed by atoms with van der Waals surface area (Å²) in [5.74, 6) is 0.740. The predicted octanol–water partition coefficient (Wildman–Crippen LogP) is 3.46. The lowest BCUT2D eigenvalue weighted by atomic mass is 9.98. The van der Waals surface area contributed by atoms with Crippen molar-refractivity contribution in [2.75, 3.05) is 0 Å². The van der Waals surface area contributed by atoms with Crippen LogP contribution in [0, 0.1) is 5.92 Å². The first kappa shape index (κ1) is 13.0. The highest BCUT2D eigenvalue weighted by atomic mass is 14.8. The van der Waals surface area contributed by atoms with E-state index in [-0.39, 0.29) is 6.04 Å². The largest absolute Gasteiger partial charge is 0.324 e. The minimum atomic E-state index is 0.0594. The molecule has 0 fully saturated rings. The first-order chi connectivity index (χ1) is 8.68. The number of rotatable bonds is 5. The maximum atomic E-state index is 6.28. The zero-order valence-electron chi connectivity index (χ0n) is 11.1. The van der Waals surface area contributed by atoms with Crippen LogP contribution in [0.2, 0.25) is 0 Å². The molecule has 1 unspecified atom stereocenters. The summed E-state index contributed by atoms with van der Waals surface area (Å²) in [6.07, 6.45) is 6.84. The molecule has 2 N–H and O–H groups in total. The van der Waals surface area contributed by atoms with E-state index >= 15 is 0 Å². The van der Waals surface area contributed by atoms with Crippen LogP contribution in [0.1, 0.15) is 44.7 Å². The number of benzene rings is 1. The second-order valence-electron chi connectivity index (χ2n) is 5.20. The standard InChI is InChI=1S/C15H21N3/c1-11(2)5-3-7-13(16)12-6-4-8-14-15(12)18-10-9-17-14/h4,6,8-11,13H,3,5,7,16H2,1-2H3. The predicted molar refractivity (Wildman–Crippen MR) is 75.2 cm³/mol. The van der Waals surface area contributed by atoms with Gasteiger partial charge in [0.15, 0.2) is 0 Å². The summed E-state index contributed by atoms with van der Waals surface area (Å²) in [6, 6.07) is 6.11. The van der Waals surface area contributed by atoms with Crippen molar-refractivity contribution in [2.24, 2.45) is 11.7 Å². The van der Waals surface area contributed by atoms with Gasteiger partial charge in [0, 0.05) is 18.4 Å². The number of hydrogen-bond acceptors (Lipinski definition) is 3. The topological polar surface area (TPSA) is 51.8 Å². The zero-order chi connectivity index (χ0) is 13.0. The van der Waals surface area contributed by atoms with Gasteiger partial charge in [0.05, 0.1) is 11.0 Å². The third kappa shape index (κ3) is 3.05. The average Bonchev–Trinajstić information content (AvgIpc) is 2.37. The molecule has 0 aliphatic heterocycles. The van der Waals surface area contributed by atoms with Crippen LogP contribution < -0.4 is 5.73 Å². The Bertz CT molecular complexity index is 503. The molecule has 2 rings (SSSR count). The second-order valence-corrected chi connectivity index (χ2v) is 5.20. The molecule has 0 aliphatic carbocycles. The van der Waals surface area contributed by atoms with E-state index in [4.69, 9.17) is 5.73 Å². The highest BCUT2D eigenvalue weighted by Gasteiger charge is 2.11. The van der Waals surface area contributed by atoms with E-state index in [1.165, 1.54) is 6.42 Å². The van der Waals surface area contributed by atoms with Gasteiger partial charge in [0.2, 0.25) is 0 Å². The average molecular weight is 243 g/mol. The van der Waals surface area contributed by atoms with Crippen molar-refractivity contribution in [3.05, 3.63) is 36.2 Å². The summed E-state index contributed by atoms with van der Waals surface area (Å²) in [7, 11) is 0. The fourth-order valence-electron chi connectivity index (χ4n) is 2.22. The SMILES string of the molecule is CC(C)CCCC(N)c1cccc2nccnc12. The molecule has 1 aromatic carbocycles. The fourth-order valence-corrected chi connectivity index (χ4v) is 2.22. The molecule has 1 heterocycles. The molecule has 1 atom stereocenters. The van der Waals surface area contributed by atoms with Crippen molar-refractivity contribution in [1.82, 2.24) is 9.97 Å². The minimum Gasteiger partial charge on any atom is -0.324 e. The first-order valence-electron chi connectivity index (χ1n) is 6.63. The summed E-state index contributed by atoms with van der Waals surface area (Å²) >= 11 is 0. The summed E-state index contributed by atoms with van der Waals surface area (Å²) in [5, 5.41) is 0. The number of para-hydroxylation sites is 1.